The highest BCUT2D eigenvalue weighted by Crippen LogP contribution is 2.21. The van der Waals surface area contributed by atoms with Crippen LogP contribution in [0, 0.1) is 17.0 Å². The lowest BCUT2D eigenvalue weighted by atomic mass is 10.2. The number of nitrogens with one attached hydrogen (secondary N) is 1. The van der Waals surface area contributed by atoms with Crippen LogP contribution >= 0.6 is 0 Å². The lowest BCUT2D eigenvalue weighted by Gasteiger charge is -2.13. The summed E-state index contributed by atoms with van der Waals surface area (Å²) in [6, 6.07) is 1.25. The molecule has 8 heteroatoms. The smallest absolute Gasteiger partial charge is 0.287 e. The van der Waals surface area contributed by atoms with Gasteiger partial charge in [0, 0.05) is 12.1 Å². The Morgan fingerprint density at radius 1 is 1.56 bits per heavy atom. The summed E-state index contributed by atoms with van der Waals surface area (Å²) in [5.41, 5.74) is 0.561. The van der Waals surface area contributed by atoms with Gasteiger partial charge >= 0.3 is 0 Å². The van der Waals surface area contributed by atoms with Crippen molar-refractivity contribution in [2.45, 2.75) is 19.4 Å². The van der Waals surface area contributed by atoms with Gasteiger partial charge in [-0.1, -0.05) is 0 Å². The summed E-state index contributed by atoms with van der Waals surface area (Å²) in [5.74, 6) is 0.768. The molecule has 18 heavy (non-hydrogen) atoms. The third-order valence-corrected chi connectivity index (χ3v) is 4.62. The van der Waals surface area contributed by atoms with Gasteiger partial charge in [-0.25, -0.2) is 13.4 Å². The highest BCUT2D eigenvalue weighted by molar-refractivity contribution is 7.91. The van der Waals surface area contributed by atoms with Crippen molar-refractivity contribution in [1.82, 2.24) is 4.98 Å². The normalized spacial score (nSPS) is 21.7. The predicted molar refractivity (Wildman–Crippen MR) is 66.3 cm³/mol. The molecule has 0 saturated carbocycles. The van der Waals surface area contributed by atoms with Crippen molar-refractivity contribution in [2.75, 3.05) is 16.8 Å². The van der Waals surface area contributed by atoms with Crippen molar-refractivity contribution >= 4 is 21.3 Å². The minimum atomic E-state index is -2.95. The lowest BCUT2D eigenvalue weighted by Crippen LogP contribution is -2.21. The van der Waals surface area contributed by atoms with Gasteiger partial charge in [0.15, 0.2) is 9.84 Å². The number of anilines is 1. The maximum Gasteiger partial charge on any atom is 0.287 e. The topological polar surface area (TPSA) is 102 Å². The first-order chi connectivity index (χ1) is 8.37. The second kappa shape index (κ2) is 4.52. The van der Waals surface area contributed by atoms with E-state index in [1.54, 1.807) is 6.92 Å². The largest absolute Gasteiger partial charge is 0.366 e. The van der Waals surface area contributed by atoms with Gasteiger partial charge in [0.25, 0.3) is 5.69 Å². The van der Waals surface area contributed by atoms with Crippen molar-refractivity contribution in [3.05, 3.63) is 27.9 Å². The summed E-state index contributed by atoms with van der Waals surface area (Å²) in [6.45, 7) is 1.70. The maximum atomic E-state index is 11.3. The molecule has 0 radical (unpaired) electrons. The molecule has 2 heterocycles. The highest BCUT2D eigenvalue weighted by Gasteiger charge is 2.28. The Morgan fingerprint density at radius 3 is 2.78 bits per heavy atom. The Hall–Kier alpha value is -1.70. The summed E-state index contributed by atoms with van der Waals surface area (Å²) in [4.78, 5) is 14.0. The Balaban J connectivity index is 2.13. The molecule has 2 rings (SSSR count). The molecular formula is C10H13N3O4S. The summed E-state index contributed by atoms with van der Waals surface area (Å²) in [6.07, 6.45) is 1.71. The number of nitrogens with zero attached hydrogens (tertiary/aromatic N) is 2. The fourth-order valence-electron chi connectivity index (χ4n) is 1.91. The first kappa shape index (κ1) is 12.7. The molecule has 1 aliphatic heterocycles. The van der Waals surface area contributed by atoms with Gasteiger partial charge in [-0.15, -0.1) is 0 Å². The van der Waals surface area contributed by atoms with Crippen LogP contribution in [0.2, 0.25) is 0 Å². The first-order valence-electron chi connectivity index (χ1n) is 5.45. The molecule has 0 aliphatic carbocycles. The van der Waals surface area contributed by atoms with Gasteiger partial charge in [-0.2, -0.15) is 0 Å². The standard InChI is InChI=1S/C10H13N3O4S/c1-7-4-9(13(14)15)5-11-10(7)12-8-2-3-18(16,17)6-8/h4-5,8H,2-3,6H2,1H3,(H,11,12). The van der Waals surface area contributed by atoms with Crippen LogP contribution in [0.5, 0.6) is 0 Å². The van der Waals surface area contributed by atoms with Gasteiger partial charge in [-0.3, -0.25) is 10.1 Å². The molecular weight excluding hydrogens is 258 g/mol. The minimum absolute atomic E-state index is 0.0721. The molecule has 1 unspecified atom stereocenters. The van der Waals surface area contributed by atoms with Crippen molar-refractivity contribution in [3.63, 3.8) is 0 Å². The third kappa shape index (κ3) is 2.76. The van der Waals surface area contributed by atoms with E-state index in [9.17, 15) is 18.5 Å². The molecule has 0 aromatic carbocycles. The zero-order chi connectivity index (χ0) is 13.3. The van der Waals surface area contributed by atoms with Crippen molar-refractivity contribution in [1.29, 1.82) is 0 Å². The number of aryl methyl sites for hydroxylation is 1. The van der Waals surface area contributed by atoms with Crippen LogP contribution < -0.4 is 5.32 Å². The molecule has 0 bridgehead atoms. The molecule has 98 valence electrons. The van der Waals surface area contributed by atoms with E-state index in [0.29, 0.717) is 17.8 Å². The highest BCUT2D eigenvalue weighted by atomic mass is 32.2. The molecule has 1 aromatic rings. The summed E-state index contributed by atoms with van der Waals surface area (Å²) in [5, 5.41) is 13.6. The van der Waals surface area contributed by atoms with Crippen LogP contribution in [-0.4, -0.2) is 35.9 Å². The van der Waals surface area contributed by atoms with Crippen LogP contribution in [0.15, 0.2) is 12.3 Å². The van der Waals surface area contributed by atoms with Gasteiger partial charge in [-0.05, 0) is 18.9 Å². The Morgan fingerprint density at radius 2 is 2.28 bits per heavy atom. The fraction of sp³-hybridized carbons (Fsp3) is 0.500. The van der Waals surface area contributed by atoms with Gasteiger partial charge in [0.05, 0.1) is 16.4 Å². The molecule has 1 atom stereocenters. The van der Waals surface area contributed by atoms with E-state index in [-0.39, 0.29) is 23.2 Å². The average molecular weight is 271 g/mol. The van der Waals surface area contributed by atoms with Crippen LogP contribution in [-0.2, 0) is 9.84 Å². The number of nitro groups is 1. The second-order valence-corrected chi connectivity index (χ2v) is 6.59. The molecule has 0 amide bonds. The van der Waals surface area contributed by atoms with Crippen LogP contribution in [0.25, 0.3) is 0 Å². The monoisotopic (exact) mass is 271 g/mol. The maximum absolute atomic E-state index is 11.3. The van der Waals surface area contributed by atoms with Crippen LogP contribution in [0.4, 0.5) is 11.5 Å². The van der Waals surface area contributed by atoms with E-state index in [4.69, 9.17) is 0 Å². The Labute approximate surface area is 104 Å². The molecule has 1 aromatic heterocycles. The minimum Gasteiger partial charge on any atom is -0.366 e. The first-order valence-corrected chi connectivity index (χ1v) is 7.27. The molecule has 1 fully saturated rings. The molecule has 7 nitrogen and oxygen atoms in total. The van der Waals surface area contributed by atoms with E-state index in [2.05, 4.69) is 10.3 Å². The summed E-state index contributed by atoms with van der Waals surface area (Å²) >= 11 is 0. The quantitative estimate of drug-likeness (QED) is 0.647. The van der Waals surface area contributed by atoms with Crippen LogP contribution in [0.3, 0.4) is 0 Å². The Bertz CT molecular complexity index is 585. The van der Waals surface area contributed by atoms with E-state index >= 15 is 0 Å². The second-order valence-electron chi connectivity index (χ2n) is 4.36. The molecule has 1 saturated heterocycles. The number of hydrogen-bond acceptors (Lipinski definition) is 6. The van der Waals surface area contributed by atoms with Crippen molar-refractivity contribution in [3.8, 4) is 0 Å². The van der Waals surface area contributed by atoms with Gasteiger partial charge in [0.2, 0.25) is 0 Å². The van der Waals surface area contributed by atoms with Crippen molar-refractivity contribution < 1.29 is 13.3 Å². The van der Waals surface area contributed by atoms with E-state index in [1.807, 2.05) is 0 Å². The third-order valence-electron chi connectivity index (χ3n) is 2.85. The lowest BCUT2D eigenvalue weighted by molar-refractivity contribution is -0.385. The number of aromatic nitrogens is 1. The van der Waals surface area contributed by atoms with E-state index < -0.39 is 14.8 Å². The number of sulfone groups is 1. The summed E-state index contributed by atoms with van der Waals surface area (Å²) in [7, 11) is -2.95. The summed E-state index contributed by atoms with van der Waals surface area (Å²) < 4.78 is 22.6. The molecule has 0 spiro atoms. The Kier molecular flexibility index (Phi) is 3.20. The number of rotatable bonds is 3. The van der Waals surface area contributed by atoms with Crippen LogP contribution in [0.1, 0.15) is 12.0 Å². The van der Waals surface area contributed by atoms with Gasteiger partial charge in [0.1, 0.15) is 12.0 Å². The zero-order valence-electron chi connectivity index (χ0n) is 9.79. The van der Waals surface area contributed by atoms with E-state index in [0.717, 1.165) is 0 Å². The molecule has 1 N–H and O–H groups in total. The fourth-order valence-corrected chi connectivity index (χ4v) is 3.59. The number of hydrogen-bond donors (Lipinski definition) is 1. The number of pyridine rings is 1. The zero-order valence-corrected chi connectivity index (χ0v) is 10.6. The predicted octanol–water partition coefficient (Wildman–Crippen LogP) is 0.897. The van der Waals surface area contributed by atoms with Gasteiger partial charge < -0.3 is 5.32 Å². The van der Waals surface area contributed by atoms with E-state index in [1.165, 1.54) is 12.3 Å². The SMILES string of the molecule is Cc1cc([N+](=O)[O-])cnc1NC1CCS(=O)(=O)C1. The average Bonchev–Trinajstić information content (AvgIpc) is 2.61. The molecule has 1 aliphatic rings. The van der Waals surface area contributed by atoms with Crippen molar-refractivity contribution in [2.24, 2.45) is 0 Å².